The zero-order chi connectivity index (χ0) is 19.8. The number of hydrogen-bond donors (Lipinski definition) is 4. The van der Waals surface area contributed by atoms with Gasteiger partial charge in [-0.15, -0.1) is 0 Å². The van der Waals surface area contributed by atoms with Crippen molar-refractivity contribution in [2.24, 2.45) is 5.41 Å². The van der Waals surface area contributed by atoms with E-state index in [4.69, 9.17) is 10.2 Å². The monoisotopic (exact) mass is 373 g/mol. The minimum Gasteiger partial charge on any atom is -0.395 e. The van der Waals surface area contributed by atoms with Crippen LogP contribution in [0.2, 0.25) is 0 Å². The first-order chi connectivity index (χ1) is 12.5. The molecule has 0 fully saturated rings. The van der Waals surface area contributed by atoms with Crippen LogP contribution >= 0.6 is 0 Å². The van der Waals surface area contributed by atoms with Crippen molar-refractivity contribution in [1.29, 1.82) is 0 Å². The number of nitrogens with one attached hydrogen (secondary N) is 2. The molecule has 0 aromatic rings. The fourth-order valence-corrected chi connectivity index (χ4v) is 3.17. The molecule has 0 spiro atoms. The van der Waals surface area contributed by atoms with Gasteiger partial charge in [-0.1, -0.05) is 39.5 Å². The molecule has 0 aliphatic carbocycles. The van der Waals surface area contributed by atoms with Gasteiger partial charge in [0.1, 0.15) is 5.41 Å². The molecule has 0 aliphatic rings. The molecule has 0 radical (unpaired) electrons. The summed E-state index contributed by atoms with van der Waals surface area (Å²) in [5.74, 6) is -0.381. The molecule has 0 saturated heterocycles. The van der Waals surface area contributed by atoms with Crippen molar-refractivity contribution in [2.75, 3.05) is 46.4 Å². The molecule has 0 aromatic heterocycles. The summed E-state index contributed by atoms with van der Waals surface area (Å²) in [6.07, 6.45) is 5.39. The molecule has 0 atom stereocenters. The third kappa shape index (κ3) is 8.47. The predicted molar refractivity (Wildman–Crippen MR) is 104 cm³/mol. The lowest BCUT2D eigenvalue weighted by molar-refractivity contribution is -0.144. The maximum atomic E-state index is 12.9. The number of rotatable bonds is 16. The summed E-state index contributed by atoms with van der Waals surface area (Å²) in [4.78, 5) is 27.4. The van der Waals surface area contributed by atoms with Crippen molar-refractivity contribution in [3.05, 3.63) is 0 Å². The lowest BCUT2D eigenvalue weighted by Gasteiger charge is -2.31. The van der Waals surface area contributed by atoms with E-state index in [0.717, 1.165) is 25.7 Å². The number of aliphatic hydroxyl groups excluding tert-OH is 2. The van der Waals surface area contributed by atoms with Crippen LogP contribution in [-0.2, 0) is 9.59 Å². The van der Waals surface area contributed by atoms with Gasteiger partial charge >= 0.3 is 0 Å². The number of unbranched alkanes of at least 4 members (excludes halogenated alkanes) is 2. The van der Waals surface area contributed by atoms with Crippen LogP contribution < -0.4 is 10.6 Å². The van der Waals surface area contributed by atoms with Crippen molar-refractivity contribution in [3.8, 4) is 0 Å². The molecule has 0 saturated carbocycles. The molecule has 0 unspecified atom stereocenters. The van der Waals surface area contributed by atoms with Crippen molar-refractivity contribution >= 4 is 11.8 Å². The second-order valence-corrected chi connectivity index (χ2v) is 6.77. The first-order valence-electron chi connectivity index (χ1n) is 9.96. The highest BCUT2D eigenvalue weighted by atomic mass is 16.3. The Morgan fingerprint density at radius 3 is 1.85 bits per heavy atom. The van der Waals surface area contributed by atoms with E-state index in [1.807, 2.05) is 4.90 Å². The Kier molecular flexibility index (Phi) is 14.3. The van der Waals surface area contributed by atoms with E-state index in [1.54, 1.807) is 7.05 Å². The fraction of sp³-hybridized carbons (Fsp3) is 0.895. The summed E-state index contributed by atoms with van der Waals surface area (Å²) in [5, 5.41) is 23.7. The summed E-state index contributed by atoms with van der Waals surface area (Å²) in [6.45, 7) is 6.36. The normalized spacial score (nSPS) is 11.6. The number of nitrogens with zero attached hydrogens (tertiary/aromatic N) is 1. The molecule has 4 N–H and O–H groups in total. The molecule has 0 aromatic carbocycles. The third-order valence-corrected chi connectivity index (χ3v) is 4.78. The largest absolute Gasteiger partial charge is 0.395 e. The number of hydrogen-bond acceptors (Lipinski definition) is 5. The number of amides is 2. The molecule has 0 bridgehead atoms. The maximum absolute atomic E-state index is 12.9. The predicted octanol–water partition coefficient (Wildman–Crippen LogP) is 0.892. The van der Waals surface area contributed by atoms with Gasteiger partial charge in [-0.3, -0.25) is 14.5 Å². The van der Waals surface area contributed by atoms with Crippen molar-refractivity contribution in [3.63, 3.8) is 0 Å². The average Bonchev–Trinajstić information content (AvgIpc) is 2.65. The van der Waals surface area contributed by atoms with Crippen LogP contribution in [-0.4, -0.2) is 73.4 Å². The van der Waals surface area contributed by atoms with Gasteiger partial charge < -0.3 is 20.8 Å². The van der Waals surface area contributed by atoms with Crippen LogP contribution in [0.4, 0.5) is 0 Å². The zero-order valence-corrected chi connectivity index (χ0v) is 16.9. The highest BCUT2D eigenvalue weighted by molar-refractivity contribution is 6.04. The van der Waals surface area contributed by atoms with Gasteiger partial charge in [0.05, 0.1) is 13.2 Å². The summed E-state index contributed by atoms with van der Waals surface area (Å²) in [5.41, 5.74) is -0.989. The first-order valence-corrected chi connectivity index (χ1v) is 9.96. The van der Waals surface area contributed by atoms with E-state index in [0.29, 0.717) is 45.4 Å². The van der Waals surface area contributed by atoms with Gasteiger partial charge in [0, 0.05) is 26.7 Å². The van der Waals surface area contributed by atoms with Gasteiger partial charge in [-0.25, -0.2) is 0 Å². The summed E-state index contributed by atoms with van der Waals surface area (Å²) in [6, 6.07) is 0. The van der Waals surface area contributed by atoms with E-state index < -0.39 is 5.41 Å². The molecule has 154 valence electrons. The minimum atomic E-state index is -0.989. The molecule has 7 heteroatoms. The van der Waals surface area contributed by atoms with E-state index in [9.17, 15) is 9.59 Å². The lowest BCUT2D eigenvalue weighted by atomic mass is 9.76. The summed E-state index contributed by atoms with van der Waals surface area (Å²) in [7, 11) is 1.59. The second kappa shape index (κ2) is 14.9. The topological polar surface area (TPSA) is 102 Å². The Bertz CT molecular complexity index is 377. The number of aliphatic hydroxyl groups is 2. The number of carbonyl (C=O) groups excluding carboxylic acids is 2. The van der Waals surface area contributed by atoms with E-state index >= 15 is 0 Å². The molecule has 0 heterocycles. The fourth-order valence-electron chi connectivity index (χ4n) is 3.17. The van der Waals surface area contributed by atoms with Gasteiger partial charge in [0.25, 0.3) is 0 Å². The Hall–Kier alpha value is -1.18. The standard InChI is InChI=1S/C19H39N3O4/c1-4-6-9-19(10-7-5-2,17(25)20-3)18(26)21-11-8-12-22(13-15-23)14-16-24/h23-24H,4-16H2,1-3H3,(H,20,25)(H,21,26). The molecule has 2 amide bonds. The molecule has 7 nitrogen and oxygen atoms in total. The minimum absolute atomic E-state index is 0.0418. The van der Waals surface area contributed by atoms with Crippen LogP contribution in [0.3, 0.4) is 0 Å². The summed E-state index contributed by atoms with van der Waals surface area (Å²) >= 11 is 0. The third-order valence-electron chi connectivity index (χ3n) is 4.78. The Labute approximate surface area is 158 Å². The summed E-state index contributed by atoms with van der Waals surface area (Å²) < 4.78 is 0. The molecular weight excluding hydrogens is 334 g/mol. The SMILES string of the molecule is CCCCC(CCCC)(C(=O)NC)C(=O)NCCCN(CCO)CCO. The Morgan fingerprint density at radius 2 is 1.42 bits per heavy atom. The van der Waals surface area contributed by atoms with Gasteiger partial charge in [0.15, 0.2) is 0 Å². The lowest BCUT2D eigenvalue weighted by Crippen LogP contribution is -2.51. The van der Waals surface area contributed by atoms with Crippen LogP contribution in [0, 0.1) is 5.41 Å². The van der Waals surface area contributed by atoms with E-state index in [2.05, 4.69) is 24.5 Å². The average molecular weight is 374 g/mol. The van der Waals surface area contributed by atoms with Crippen LogP contribution in [0.25, 0.3) is 0 Å². The highest BCUT2D eigenvalue weighted by Gasteiger charge is 2.43. The van der Waals surface area contributed by atoms with Crippen LogP contribution in [0.1, 0.15) is 58.8 Å². The molecule has 0 rings (SSSR count). The van der Waals surface area contributed by atoms with Crippen molar-refractivity contribution in [1.82, 2.24) is 15.5 Å². The highest BCUT2D eigenvalue weighted by Crippen LogP contribution is 2.32. The quantitative estimate of drug-likeness (QED) is 0.238. The van der Waals surface area contributed by atoms with Crippen LogP contribution in [0.5, 0.6) is 0 Å². The zero-order valence-electron chi connectivity index (χ0n) is 16.9. The Morgan fingerprint density at radius 1 is 0.885 bits per heavy atom. The van der Waals surface area contributed by atoms with Crippen molar-refractivity contribution in [2.45, 2.75) is 58.8 Å². The smallest absolute Gasteiger partial charge is 0.235 e. The van der Waals surface area contributed by atoms with Gasteiger partial charge in [0.2, 0.25) is 11.8 Å². The Balaban J connectivity index is 4.81. The number of carbonyl (C=O) groups is 2. The van der Waals surface area contributed by atoms with E-state index in [-0.39, 0.29) is 25.0 Å². The van der Waals surface area contributed by atoms with Crippen molar-refractivity contribution < 1.29 is 19.8 Å². The van der Waals surface area contributed by atoms with Gasteiger partial charge in [-0.05, 0) is 25.8 Å². The first kappa shape index (κ1) is 24.8. The molecule has 26 heavy (non-hydrogen) atoms. The second-order valence-electron chi connectivity index (χ2n) is 6.77. The molecular formula is C19H39N3O4. The maximum Gasteiger partial charge on any atom is 0.235 e. The van der Waals surface area contributed by atoms with Gasteiger partial charge in [-0.2, -0.15) is 0 Å². The van der Waals surface area contributed by atoms with E-state index in [1.165, 1.54) is 0 Å². The molecule has 0 aliphatic heterocycles. The van der Waals surface area contributed by atoms with Crippen LogP contribution in [0.15, 0.2) is 0 Å².